The van der Waals surface area contributed by atoms with Gasteiger partial charge in [0.25, 0.3) is 5.09 Å². The molecule has 0 aromatic carbocycles. The Morgan fingerprint density at radius 3 is 2.67 bits per heavy atom. The molecule has 3 unspecified atom stereocenters. The summed E-state index contributed by atoms with van der Waals surface area (Å²) in [4.78, 5) is 63.5. The Morgan fingerprint density at radius 1 is 1.21 bits per heavy atom. The highest BCUT2D eigenvalue weighted by atomic mass is 16.9. The Morgan fingerprint density at radius 2 is 1.95 bits per heavy atom. The van der Waals surface area contributed by atoms with Crippen molar-refractivity contribution < 1.29 is 44.1 Å². The molecule has 1 amide bonds. The molecule has 7 atom stereocenters. The van der Waals surface area contributed by atoms with Crippen molar-refractivity contribution in [3.05, 3.63) is 21.8 Å². The van der Waals surface area contributed by atoms with Gasteiger partial charge in [-0.05, 0) is 74.2 Å². The third-order valence-electron chi connectivity index (χ3n) is 10.0. The lowest BCUT2D eigenvalue weighted by Crippen LogP contribution is -2.62. The second-order valence-electron chi connectivity index (χ2n) is 12.0. The first-order valence-electron chi connectivity index (χ1n) is 13.7. The summed E-state index contributed by atoms with van der Waals surface area (Å²) in [6.07, 6.45) is 4.79. The normalized spacial score (nSPS) is 37.0. The van der Waals surface area contributed by atoms with Crippen LogP contribution in [0.2, 0.25) is 0 Å². The minimum absolute atomic E-state index is 0.00475. The fraction of sp³-hybridized carbons (Fsp3) is 0.778. The number of Topliss-reactive ketones (excluding diaryl/α,β-unsaturated/α-hetero) is 1. The first-order chi connectivity index (χ1) is 18.3. The second-order valence-corrected chi connectivity index (χ2v) is 12.0. The molecule has 4 rings (SSSR count). The molecule has 0 radical (unpaired) electrons. The van der Waals surface area contributed by atoms with Crippen LogP contribution in [0.3, 0.4) is 0 Å². The first-order valence-corrected chi connectivity index (χ1v) is 13.7. The van der Waals surface area contributed by atoms with E-state index in [4.69, 9.17) is 4.74 Å². The number of fused-ring (bicyclic) bond motifs is 5. The van der Waals surface area contributed by atoms with Crippen LogP contribution in [-0.2, 0) is 28.8 Å². The predicted octanol–water partition coefficient (Wildman–Crippen LogP) is 1.44. The quantitative estimate of drug-likeness (QED) is 0.156. The topological polar surface area (TPSA) is 182 Å². The Kier molecular flexibility index (Phi) is 8.18. The molecule has 3 N–H and O–H groups in total. The van der Waals surface area contributed by atoms with Crippen LogP contribution in [-0.4, -0.2) is 70.2 Å². The molecule has 0 saturated heterocycles. The van der Waals surface area contributed by atoms with E-state index in [-0.39, 0.29) is 61.2 Å². The number of hydrogen-bond acceptors (Lipinski definition) is 10. The van der Waals surface area contributed by atoms with E-state index < -0.39 is 53.0 Å². The van der Waals surface area contributed by atoms with Crippen molar-refractivity contribution in [1.29, 1.82) is 0 Å². The summed E-state index contributed by atoms with van der Waals surface area (Å²) < 4.78 is 5.06. The number of rotatable bonds is 10. The summed E-state index contributed by atoms with van der Waals surface area (Å²) in [6, 6.07) is 0. The van der Waals surface area contributed by atoms with Crippen LogP contribution in [0.25, 0.3) is 0 Å². The van der Waals surface area contributed by atoms with E-state index in [1.165, 1.54) is 0 Å². The number of esters is 1. The molecule has 0 spiro atoms. The highest BCUT2D eigenvalue weighted by Crippen LogP contribution is 2.67. The number of amides is 1. The minimum atomic E-state index is -1.76. The van der Waals surface area contributed by atoms with Gasteiger partial charge in [0.15, 0.2) is 12.4 Å². The number of nitrogens with zero attached hydrogens (tertiary/aromatic N) is 1. The van der Waals surface area contributed by atoms with Crippen LogP contribution in [0.4, 0.5) is 0 Å². The summed E-state index contributed by atoms with van der Waals surface area (Å²) in [6.45, 7) is 2.61. The fourth-order valence-electron chi connectivity index (χ4n) is 8.10. The maximum Gasteiger partial charge on any atom is 0.325 e. The lowest BCUT2D eigenvalue weighted by molar-refractivity contribution is -0.757. The average molecular weight is 551 g/mol. The number of aliphatic hydroxyl groups excluding tert-OH is 1. The Hall–Kier alpha value is -2.86. The van der Waals surface area contributed by atoms with Gasteiger partial charge in [0.2, 0.25) is 11.7 Å². The molecule has 0 heterocycles. The fourth-order valence-corrected chi connectivity index (χ4v) is 8.10. The summed E-state index contributed by atoms with van der Waals surface area (Å²) >= 11 is 0. The standard InChI is InChI=1S/C27H38N2O10/c1-25-9-7-17(30)12-16(25)5-6-18-19-8-10-27(35,26(19,2)13-20(31)24(18)25)21(32)15-38-23(34)14-28-22(33)4-3-11-39-29(36)37/h12,18-20,24,31,35H,3-11,13-15H2,1-2H3,(H,28,33)/t18?,19?,20-,24?,25-,26-,27-/m0/s1. The van der Waals surface area contributed by atoms with Crippen LogP contribution in [0.15, 0.2) is 11.6 Å². The molecule has 0 bridgehead atoms. The smallest absolute Gasteiger partial charge is 0.325 e. The van der Waals surface area contributed by atoms with E-state index >= 15 is 0 Å². The van der Waals surface area contributed by atoms with E-state index in [2.05, 4.69) is 17.1 Å². The second kappa shape index (κ2) is 11.0. The van der Waals surface area contributed by atoms with Gasteiger partial charge in [0.05, 0.1) is 12.7 Å². The number of carbonyl (C=O) groups is 4. The summed E-state index contributed by atoms with van der Waals surface area (Å²) in [5.74, 6) is -1.81. The van der Waals surface area contributed by atoms with Gasteiger partial charge < -0.3 is 25.1 Å². The molecule has 12 nitrogen and oxygen atoms in total. The van der Waals surface area contributed by atoms with E-state index in [0.717, 1.165) is 18.4 Å². The van der Waals surface area contributed by atoms with Crippen molar-refractivity contribution >= 4 is 23.4 Å². The molecule has 216 valence electrons. The molecule has 4 aliphatic carbocycles. The zero-order chi connectivity index (χ0) is 28.6. The zero-order valence-corrected chi connectivity index (χ0v) is 22.5. The van der Waals surface area contributed by atoms with Crippen molar-refractivity contribution in [2.45, 2.75) is 83.3 Å². The number of ether oxygens (including phenoxy) is 1. The first kappa shape index (κ1) is 29.1. The molecule has 3 fully saturated rings. The maximum absolute atomic E-state index is 13.3. The summed E-state index contributed by atoms with van der Waals surface area (Å²) in [5.41, 5.74) is -1.82. The Balaban J connectivity index is 1.35. The Bertz CT molecular complexity index is 1070. The SMILES string of the molecule is C[C@]12CCC(=O)C=C1CCC1C2[C@@H](O)C[C@@]2(C)C1CC[C@]2(O)C(=O)COC(=O)CNC(=O)CCCO[N+](=O)[O-]. The van der Waals surface area contributed by atoms with Crippen LogP contribution < -0.4 is 5.32 Å². The highest BCUT2D eigenvalue weighted by Gasteiger charge is 2.68. The number of allylic oxidation sites excluding steroid dienone is 1. The van der Waals surface area contributed by atoms with E-state index in [1.54, 1.807) is 6.08 Å². The molecular weight excluding hydrogens is 512 g/mol. The highest BCUT2D eigenvalue weighted by molar-refractivity contribution is 5.92. The molecular formula is C27H38N2O10. The van der Waals surface area contributed by atoms with Crippen molar-refractivity contribution in [3.8, 4) is 0 Å². The van der Waals surface area contributed by atoms with Crippen molar-refractivity contribution in [2.24, 2.45) is 28.6 Å². The molecule has 0 aromatic rings. The number of hydrogen-bond donors (Lipinski definition) is 3. The lowest BCUT2D eigenvalue weighted by atomic mass is 9.45. The number of ketones is 2. The summed E-state index contributed by atoms with van der Waals surface area (Å²) in [5, 5.41) is 34.6. The van der Waals surface area contributed by atoms with E-state index in [1.807, 2.05) is 6.92 Å². The van der Waals surface area contributed by atoms with Crippen LogP contribution in [0, 0.1) is 38.7 Å². The minimum Gasteiger partial charge on any atom is -0.456 e. The van der Waals surface area contributed by atoms with Crippen molar-refractivity contribution in [1.82, 2.24) is 5.32 Å². The maximum atomic E-state index is 13.3. The number of aliphatic hydroxyl groups is 2. The van der Waals surface area contributed by atoms with Crippen LogP contribution in [0.1, 0.15) is 71.6 Å². The zero-order valence-electron chi connectivity index (χ0n) is 22.5. The van der Waals surface area contributed by atoms with Gasteiger partial charge in [-0.15, -0.1) is 10.1 Å². The molecule has 4 aliphatic rings. The molecule has 39 heavy (non-hydrogen) atoms. The van der Waals surface area contributed by atoms with Crippen LogP contribution in [0.5, 0.6) is 0 Å². The van der Waals surface area contributed by atoms with Gasteiger partial charge in [-0.2, -0.15) is 0 Å². The molecule has 12 heteroatoms. The van der Waals surface area contributed by atoms with Gasteiger partial charge in [-0.3, -0.25) is 19.2 Å². The van der Waals surface area contributed by atoms with Gasteiger partial charge in [0.1, 0.15) is 12.1 Å². The van der Waals surface area contributed by atoms with Crippen molar-refractivity contribution in [2.75, 3.05) is 19.8 Å². The number of nitrogens with one attached hydrogen (secondary N) is 1. The molecule has 0 aromatic heterocycles. The monoisotopic (exact) mass is 550 g/mol. The van der Waals surface area contributed by atoms with E-state index in [9.17, 15) is 39.5 Å². The van der Waals surface area contributed by atoms with Crippen LogP contribution >= 0.6 is 0 Å². The van der Waals surface area contributed by atoms with Crippen molar-refractivity contribution in [3.63, 3.8) is 0 Å². The third kappa shape index (κ3) is 5.32. The third-order valence-corrected chi connectivity index (χ3v) is 10.0. The largest absolute Gasteiger partial charge is 0.456 e. The molecule has 3 saturated carbocycles. The van der Waals surface area contributed by atoms with Gasteiger partial charge in [-0.25, -0.2) is 0 Å². The molecule has 0 aliphatic heterocycles. The van der Waals surface area contributed by atoms with Gasteiger partial charge >= 0.3 is 5.97 Å². The Labute approximate surface area is 226 Å². The van der Waals surface area contributed by atoms with Gasteiger partial charge in [-0.1, -0.05) is 19.4 Å². The summed E-state index contributed by atoms with van der Waals surface area (Å²) in [7, 11) is 0. The average Bonchev–Trinajstić information content (AvgIpc) is 3.14. The van der Waals surface area contributed by atoms with E-state index in [0.29, 0.717) is 19.3 Å². The van der Waals surface area contributed by atoms with Gasteiger partial charge in [0, 0.05) is 18.3 Å². The predicted molar refractivity (Wildman–Crippen MR) is 134 cm³/mol. The lowest BCUT2D eigenvalue weighted by Gasteiger charge is -2.60. The number of carbonyl (C=O) groups excluding carboxylic acids is 4.